The van der Waals surface area contributed by atoms with Crippen LogP contribution in [-0.4, -0.2) is 82.0 Å². The minimum absolute atomic E-state index is 0. The van der Waals surface area contributed by atoms with Crippen molar-refractivity contribution >= 4 is 68.3 Å². The maximum atomic E-state index is 12.4. The number of hydrogen-bond acceptors (Lipinski definition) is 12. The molecule has 0 fully saturated rings. The van der Waals surface area contributed by atoms with Crippen molar-refractivity contribution in [3.63, 3.8) is 0 Å². The van der Waals surface area contributed by atoms with Gasteiger partial charge in [0.05, 0.1) is 37.9 Å². The molecule has 0 aliphatic heterocycles. The third kappa shape index (κ3) is 21.4. The largest absolute Gasteiger partial charge is 1.00 e. The molecule has 0 spiro atoms. The number of hydrogen-bond donors (Lipinski definition) is 4. The number of H-pyrrole nitrogens is 1. The van der Waals surface area contributed by atoms with Gasteiger partial charge in [0.1, 0.15) is 11.5 Å². The van der Waals surface area contributed by atoms with Crippen LogP contribution in [0.25, 0.3) is 0 Å². The smallest absolute Gasteiger partial charge is 0.471 e. The minimum Gasteiger partial charge on any atom is -1.00 e. The quantitative estimate of drug-likeness (QED) is 0.0218. The van der Waals surface area contributed by atoms with E-state index < -0.39 is 48.8 Å². The van der Waals surface area contributed by atoms with E-state index in [1.807, 2.05) is 6.92 Å². The van der Waals surface area contributed by atoms with Crippen LogP contribution in [0.3, 0.4) is 0 Å². The summed E-state index contributed by atoms with van der Waals surface area (Å²) in [6, 6.07) is 0. The molecule has 0 aliphatic carbocycles. The molecule has 0 aliphatic rings. The number of aromatic nitrogens is 8. The average Bonchev–Trinajstić information content (AvgIpc) is 4.05. The van der Waals surface area contributed by atoms with Gasteiger partial charge < -0.3 is 38.7 Å². The molecule has 6 N–H and O–H groups in total. The molecule has 18 nitrogen and oxygen atoms in total. The zero-order chi connectivity index (χ0) is 48.6. The molecule has 0 radical (unpaired) electrons. The Labute approximate surface area is 392 Å². The number of azo groups is 2. The highest BCUT2D eigenvalue weighted by Gasteiger charge is 2.39. The van der Waals surface area contributed by atoms with Gasteiger partial charge in [-0.15, -0.1) is 10.2 Å². The zero-order valence-electron chi connectivity index (χ0n) is 35.9. The van der Waals surface area contributed by atoms with E-state index in [4.69, 9.17) is 11.5 Å². The fourth-order valence-corrected chi connectivity index (χ4v) is 5.40. The van der Waals surface area contributed by atoms with Crippen LogP contribution in [0.15, 0.2) is 57.6 Å². The SMILES string of the molecule is CCCCn1ncc(N=Nc2n(CCCCC(=O)C(F)(F)F)cc[n+]2CCCCC(=O)C(F)(F)F)c1N.CCCCn1ncc(N=Nc2ncc[nH]2)c1N.O=C(NCCCBr)C(F)(F)F.[Br-]. The van der Waals surface area contributed by atoms with Gasteiger partial charge in [0.2, 0.25) is 17.5 Å². The Kier molecular flexibility index (Phi) is 26.2. The Morgan fingerprint density at radius 2 is 1.27 bits per heavy atom. The van der Waals surface area contributed by atoms with E-state index in [1.54, 1.807) is 54.8 Å². The number of carbonyl (C=O) groups excluding carboxylic acids is 3. The number of aryl methyl sites for hydroxylation is 4. The van der Waals surface area contributed by atoms with Crippen LogP contribution < -0.4 is 38.3 Å². The summed E-state index contributed by atoms with van der Waals surface area (Å²) < 4.78 is 115. The van der Waals surface area contributed by atoms with E-state index in [1.165, 1.54) is 6.20 Å². The normalized spacial score (nSPS) is 11.8. The highest BCUT2D eigenvalue weighted by atomic mass is 79.9. The molecule has 370 valence electrons. The number of anilines is 2. The standard InChI is InChI=1S/C22H29F6N7O2.C10H15N7.C5H7BrF3NO.BrH/c1-2-3-12-35-19(29)16(15-30-35)31-32-20-33(10-6-4-8-17(36)21(23,24)25)13-14-34(20)11-7-5-9-18(37)22(26,27)28;1-2-3-6-17-9(11)8(7-14-17)15-16-10-12-4-5-13-10;6-2-1-3-10-4(11)5(7,8)9;/h13-15,29H,2-12H2,1H3;4-5,7H,2-3,6,11H2,1H3,(H,12,13);1-3H2,(H,10,11);1H. The molecule has 0 unspecified atom stereocenters. The number of nitrogen functional groups attached to an aromatic ring is 2. The van der Waals surface area contributed by atoms with Crippen molar-refractivity contribution in [2.75, 3.05) is 23.3 Å². The monoisotopic (exact) mass is 1080 g/mol. The highest BCUT2D eigenvalue weighted by Crippen LogP contribution is 2.26. The van der Waals surface area contributed by atoms with E-state index >= 15 is 0 Å². The van der Waals surface area contributed by atoms with Gasteiger partial charge in [0.15, 0.2) is 11.5 Å². The number of amides is 1. The molecule has 0 bridgehead atoms. The summed E-state index contributed by atoms with van der Waals surface area (Å²) >= 11 is 3.02. The molecule has 0 aromatic carbocycles. The van der Waals surface area contributed by atoms with Crippen LogP contribution in [0.1, 0.15) is 84.5 Å². The van der Waals surface area contributed by atoms with Gasteiger partial charge in [-0.2, -0.15) is 49.7 Å². The molecular formula is C37H52Br2F9N15O3. The molecular weight excluding hydrogens is 1030 g/mol. The van der Waals surface area contributed by atoms with Gasteiger partial charge >= 0.3 is 30.4 Å². The first-order valence-electron chi connectivity index (χ1n) is 20.3. The summed E-state index contributed by atoms with van der Waals surface area (Å²) in [5.74, 6) is -3.89. The van der Waals surface area contributed by atoms with Gasteiger partial charge in [0, 0.05) is 55.3 Å². The number of ketones is 2. The van der Waals surface area contributed by atoms with Crippen LogP contribution in [0.5, 0.6) is 0 Å². The predicted octanol–water partition coefficient (Wildman–Crippen LogP) is 6.23. The number of rotatable bonds is 23. The molecule has 4 heterocycles. The Morgan fingerprint density at radius 3 is 1.74 bits per heavy atom. The molecule has 0 saturated carbocycles. The van der Waals surface area contributed by atoms with Crippen LogP contribution in [0, 0.1) is 0 Å². The Balaban J connectivity index is 0.000000614. The summed E-state index contributed by atoms with van der Waals surface area (Å²) in [5, 5.41) is 26.9. The number of imidazole rings is 2. The third-order valence-corrected chi connectivity index (χ3v) is 9.24. The second-order valence-corrected chi connectivity index (χ2v) is 14.6. The second-order valence-electron chi connectivity index (χ2n) is 13.8. The summed E-state index contributed by atoms with van der Waals surface area (Å²) in [6.45, 7) is 6.04. The number of alkyl halides is 10. The summed E-state index contributed by atoms with van der Waals surface area (Å²) in [6.07, 6.45) is -1.28. The van der Waals surface area contributed by atoms with Crippen molar-refractivity contribution in [1.29, 1.82) is 0 Å². The number of nitrogens with two attached hydrogens (primary N) is 2. The molecule has 1 amide bonds. The average molecular weight is 1090 g/mol. The fraction of sp³-hybridized carbons (Fsp3) is 0.595. The van der Waals surface area contributed by atoms with Gasteiger partial charge in [0.25, 0.3) is 0 Å². The first-order chi connectivity index (χ1) is 30.6. The van der Waals surface area contributed by atoms with Gasteiger partial charge in [-0.1, -0.05) is 47.7 Å². The van der Waals surface area contributed by atoms with E-state index in [9.17, 15) is 53.9 Å². The third-order valence-electron chi connectivity index (χ3n) is 8.68. The lowest BCUT2D eigenvalue weighted by molar-refractivity contribution is -0.684. The number of halogens is 11. The van der Waals surface area contributed by atoms with Crippen LogP contribution in [0.4, 0.5) is 74.4 Å². The zero-order valence-corrected chi connectivity index (χ0v) is 39.1. The van der Waals surface area contributed by atoms with Crippen molar-refractivity contribution in [3.8, 4) is 0 Å². The lowest BCUT2D eigenvalue weighted by Crippen LogP contribution is -3.00. The Bertz CT molecular complexity index is 2050. The predicted molar refractivity (Wildman–Crippen MR) is 222 cm³/mol. The van der Waals surface area contributed by atoms with E-state index in [0.29, 0.717) is 47.3 Å². The van der Waals surface area contributed by atoms with Gasteiger partial charge in [-0.3, -0.25) is 14.4 Å². The van der Waals surface area contributed by atoms with Crippen molar-refractivity contribution in [2.24, 2.45) is 20.5 Å². The number of nitrogens with zero attached hydrogens (tertiary/aromatic N) is 11. The molecule has 29 heteroatoms. The molecule has 0 saturated heterocycles. The van der Waals surface area contributed by atoms with Crippen molar-refractivity contribution in [1.82, 2.24) is 39.4 Å². The van der Waals surface area contributed by atoms with Crippen LogP contribution in [0.2, 0.25) is 0 Å². The van der Waals surface area contributed by atoms with Crippen molar-refractivity contribution < 1.29 is 75.4 Å². The molecule has 66 heavy (non-hydrogen) atoms. The minimum atomic E-state index is -4.87. The first-order valence-corrected chi connectivity index (χ1v) is 21.4. The van der Waals surface area contributed by atoms with Gasteiger partial charge in [-0.05, 0) is 44.9 Å². The summed E-state index contributed by atoms with van der Waals surface area (Å²) in [4.78, 5) is 39.0. The number of nitrogens with one attached hydrogen (secondary N) is 2. The Morgan fingerprint density at radius 1 is 0.742 bits per heavy atom. The van der Waals surface area contributed by atoms with E-state index in [2.05, 4.69) is 63.5 Å². The highest BCUT2D eigenvalue weighted by molar-refractivity contribution is 9.09. The van der Waals surface area contributed by atoms with E-state index in [-0.39, 0.29) is 68.2 Å². The lowest BCUT2D eigenvalue weighted by Gasteiger charge is -2.05. The van der Waals surface area contributed by atoms with Crippen LogP contribution in [-0.2, 0) is 40.6 Å². The number of carbonyl (C=O) groups is 3. The van der Waals surface area contributed by atoms with E-state index in [0.717, 1.165) is 32.2 Å². The number of aromatic amines is 1. The van der Waals surface area contributed by atoms with Crippen LogP contribution >= 0.6 is 15.9 Å². The van der Waals surface area contributed by atoms with Crippen molar-refractivity contribution in [2.45, 2.75) is 129 Å². The molecule has 0 atom stereocenters. The Hall–Kier alpha value is -5.22. The number of unbranched alkanes of at least 4 members (excludes halogenated alkanes) is 4. The van der Waals surface area contributed by atoms with Gasteiger partial charge in [-0.25, -0.2) is 23.5 Å². The topological polar surface area (TPSA) is 238 Å². The maximum absolute atomic E-state index is 12.4. The molecule has 4 aromatic heterocycles. The number of Topliss-reactive ketones (excluding diaryl/α,β-unsaturated/α-hetero) is 2. The molecule has 4 rings (SSSR count). The fourth-order valence-electron chi connectivity index (χ4n) is 5.12. The lowest BCUT2D eigenvalue weighted by atomic mass is 10.1. The summed E-state index contributed by atoms with van der Waals surface area (Å²) in [5.41, 5.74) is 12.8. The summed E-state index contributed by atoms with van der Waals surface area (Å²) in [7, 11) is 0. The van der Waals surface area contributed by atoms with Crippen molar-refractivity contribution in [3.05, 3.63) is 37.2 Å². The first kappa shape index (κ1) is 58.8. The molecule has 4 aromatic rings. The maximum Gasteiger partial charge on any atom is 0.471 e. The second kappa shape index (κ2) is 29.4.